The molecule has 0 radical (unpaired) electrons. The Labute approximate surface area is 182 Å². The highest BCUT2D eigenvalue weighted by Gasteiger charge is 2.27. The maximum Gasteiger partial charge on any atom is 0.225 e. The summed E-state index contributed by atoms with van der Waals surface area (Å²) >= 11 is 0. The molecular formula is C25H52N2O2. The van der Waals surface area contributed by atoms with Gasteiger partial charge in [-0.2, -0.15) is 0 Å². The third-order valence-electron chi connectivity index (χ3n) is 5.85. The summed E-state index contributed by atoms with van der Waals surface area (Å²) in [6.07, 6.45) is 8.45. The van der Waals surface area contributed by atoms with E-state index < -0.39 is 0 Å². The molecule has 0 rings (SSSR count). The zero-order valence-electron chi connectivity index (χ0n) is 21.0. The van der Waals surface area contributed by atoms with Crippen LogP contribution in [-0.4, -0.2) is 49.7 Å². The molecule has 4 nitrogen and oxygen atoms in total. The monoisotopic (exact) mass is 412 g/mol. The lowest BCUT2D eigenvalue weighted by atomic mass is 9.88. The molecule has 0 saturated heterocycles. The van der Waals surface area contributed by atoms with Gasteiger partial charge in [0.1, 0.15) is 0 Å². The van der Waals surface area contributed by atoms with Gasteiger partial charge in [-0.1, -0.05) is 48.0 Å². The van der Waals surface area contributed by atoms with E-state index in [0.717, 1.165) is 37.8 Å². The van der Waals surface area contributed by atoms with Crippen molar-refractivity contribution in [2.75, 3.05) is 32.8 Å². The molecule has 1 unspecified atom stereocenters. The zero-order chi connectivity index (χ0) is 22.3. The zero-order valence-corrected chi connectivity index (χ0v) is 21.0. The number of rotatable bonds is 18. The molecule has 0 aliphatic carbocycles. The fourth-order valence-corrected chi connectivity index (χ4v) is 3.33. The minimum atomic E-state index is -0.373. The summed E-state index contributed by atoms with van der Waals surface area (Å²) in [6, 6.07) is 0. The Kier molecular flexibility index (Phi) is 15.8. The maximum atomic E-state index is 12.5. The largest absolute Gasteiger partial charge is 0.379 e. The topological polar surface area (TPSA) is 41.6 Å². The number of hydrogen-bond acceptors (Lipinski definition) is 3. The van der Waals surface area contributed by atoms with Crippen LogP contribution in [0, 0.1) is 17.3 Å². The molecule has 0 bridgehead atoms. The Bertz CT molecular complexity index is 408. The molecular weight excluding hydrogens is 360 g/mol. The van der Waals surface area contributed by atoms with E-state index >= 15 is 0 Å². The Balaban J connectivity index is 4.25. The molecule has 1 amide bonds. The van der Waals surface area contributed by atoms with E-state index in [1.165, 1.54) is 45.2 Å². The van der Waals surface area contributed by atoms with Crippen molar-refractivity contribution in [2.45, 2.75) is 106 Å². The van der Waals surface area contributed by atoms with E-state index in [1.807, 2.05) is 27.7 Å². The number of amides is 1. The molecule has 0 aromatic heterocycles. The predicted molar refractivity (Wildman–Crippen MR) is 126 cm³/mol. The molecule has 0 aliphatic heterocycles. The van der Waals surface area contributed by atoms with E-state index in [0.29, 0.717) is 6.61 Å². The molecule has 29 heavy (non-hydrogen) atoms. The first-order valence-electron chi connectivity index (χ1n) is 12.2. The van der Waals surface area contributed by atoms with Gasteiger partial charge in [0.05, 0.1) is 6.10 Å². The van der Waals surface area contributed by atoms with E-state index in [2.05, 4.69) is 37.9 Å². The van der Waals surface area contributed by atoms with Crippen molar-refractivity contribution in [3.63, 3.8) is 0 Å². The van der Waals surface area contributed by atoms with Crippen LogP contribution >= 0.6 is 0 Å². The summed E-state index contributed by atoms with van der Waals surface area (Å²) in [4.78, 5) is 15.1. The van der Waals surface area contributed by atoms with Gasteiger partial charge in [-0.05, 0) is 83.8 Å². The normalized spacial score (nSPS) is 13.5. The number of hydrogen-bond donors (Lipinski definition) is 1. The molecule has 0 aromatic carbocycles. The Morgan fingerprint density at radius 2 is 1.55 bits per heavy atom. The van der Waals surface area contributed by atoms with Crippen molar-refractivity contribution in [2.24, 2.45) is 17.3 Å². The van der Waals surface area contributed by atoms with Crippen molar-refractivity contribution in [3.05, 3.63) is 0 Å². The van der Waals surface area contributed by atoms with E-state index in [1.54, 1.807) is 0 Å². The van der Waals surface area contributed by atoms with Crippen LogP contribution in [0.5, 0.6) is 0 Å². The van der Waals surface area contributed by atoms with Gasteiger partial charge < -0.3 is 15.0 Å². The number of ether oxygens (including phenoxy) is 1. The van der Waals surface area contributed by atoms with Gasteiger partial charge in [0.15, 0.2) is 0 Å². The lowest BCUT2D eigenvalue weighted by Crippen LogP contribution is -2.39. The number of nitrogens with one attached hydrogen (secondary N) is 1. The van der Waals surface area contributed by atoms with Crippen LogP contribution in [0.1, 0.15) is 100 Å². The van der Waals surface area contributed by atoms with E-state index in [-0.39, 0.29) is 17.4 Å². The van der Waals surface area contributed by atoms with E-state index in [4.69, 9.17) is 4.74 Å². The summed E-state index contributed by atoms with van der Waals surface area (Å²) in [5.41, 5.74) is -0.373. The van der Waals surface area contributed by atoms with Gasteiger partial charge in [0.2, 0.25) is 5.91 Å². The summed E-state index contributed by atoms with van der Waals surface area (Å²) in [7, 11) is 0. The average molecular weight is 413 g/mol. The second-order valence-corrected chi connectivity index (χ2v) is 10.2. The smallest absolute Gasteiger partial charge is 0.225 e. The molecule has 0 fully saturated rings. The van der Waals surface area contributed by atoms with Crippen LogP contribution in [0.3, 0.4) is 0 Å². The predicted octanol–water partition coefficient (Wildman–Crippen LogP) is 5.90. The summed E-state index contributed by atoms with van der Waals surface area (Å²) < 4.78 is 5.61. The van der Waals surface area contributed by atoms with Crippen molar-refractivity contribution < 1.29 is 9.53 Å². The molecule has 0 saturated carbocycles. The lowest BCUT2D eigenvalue weighted by molar-refractivity contribution is -0.130. The van der Waals surface area contributed by atoms with Crippen molar-refractivity contribution >= 4 is 5.91 Å². The van der Waals surface area contributed by atoms with Gasteiger partial charge in [0.25, 0.3) is 0 Å². The molecule has 4 heteroatoms. The van der Waals surface area contributed by atoms with Crippen LogP contribution in [-0.2, 0) is 9.53 Å². The minimum absolute atomic E-state index is 0.146. The molecule has 0 aliphatic rings. The van der Waals surface area contributed by atoms with Crippen LogP contribution in [0.15, 0.2) is 0 Å². The molecule has 0 spiro atoms. The Morgan fingerprint density at radius 1 is 0.966 bits per heavy atom. The quantitative estimate of drug-likeness (QED) is 0.285. The van der Waals surface area contributed by atoms with E-state index in [9.17, 15) is 4.79 Å². The highest BCUT2D eigenvalue weighted by molar-refractivity contribution is 5.81. The Morgan fingerprint density at radius 3 is 2.10 bits per heavy atom. The first-order valence-corrected chi connectivity index (χ1v) is 12.2. The fourth-order valence-electron chi connectivity index (χ4n) is 3.33. The second-order valence-electron chi connectivity index (χ2n) is 10.2. The van der Waals surface area contributed by atoms with Crippen LogP contribution < -0.4 is 5.32 Å². The summed E-state index contributed by atoms with van der Waals surface area (Å²) in [5.74, 6) is 1.75. The van der Waals surface area contributed by atoms with Crippen molar-refractivity contribution in [1.82, 2.24) is 10.2 Å². The van der Waals surface area contributed by atoms with Crippen LogP contribution in [0.4, 0.5) is 0 Å². The SMILES string of the molecule is CCC(C)CCCN(CCCNC(=O)C(C)(C)CCOC(C)C)CCCC(C)C. The van der Waals surface area contributed by atoms with Crippen molar-refractivity contribution in [1.29, 1.82) is 0 Å². The molecule has 1 atom stereocenters. The van der Waals surface area contributed by atoms with Gasteiger partial charge in [-0.15, -0.1) is 0 Å². The number of carbonyl (C=O) groups is 1. The maximum absolute atomic E-state index is 12.5. The van der Waals surface area contributed by atoms with Gasteiger partial charge in [0, 0.05) is 18.6 Å². The van der Waals surface area contributed by atoms with Crippen LogP contribution in [0.25, 0.3) is 0 Å². The first-order chi connectivity index (χ1) is 13.6. The summed E-state index contributed by atoms with van der Waals surface area (Å²) in [6.45, 7) is 22.2. The van der Waals surface area contributed by atoms with Crippen LogP contribution in [0.2, 0.25) is 0 Å². The Hall–Kier alpha value is -0.610. The fraction of sp³-hybridized carbons (Fsp3) is 0.960. The first kappa shape index (κ1) is 28.4. The van der Waals surface area contributed by atoms with Crippen molar-refractivity contribution in [3.8, 4) is 0 Å². The molecule has 0 heterocycles. The average Bonchev–Trinajstić information content (AvgIpc) is 2.63. The highest BCUT2D eigenvalue weighted by atomic mass is 16.5. The third-order valence-corrected chi connectivity index (χ3v) is 5.85. The van der Waals surface area contributed by atoms with Gasteiger partial charge in [-0.25, -0.2) is 0 Å². The minimum Gasteiger partial charge on any atom is -0.379 e. The third kappa shape index (κ3) is 15.8. The second kappa shape index (κ2) is 16.1. The lowest BCUT2D eigenvalue weighted by Gasteiger charge is -2.25. The standard InChI is InChI=1S/C25H52N2O2/c1-9-23(6)14-11-18-27(17-10-13-21(2)3)19-12-16-26-24(28)25(7,8)15-20-29-22(4)5/h21-23H,9-20H2,1-8H3,(H,26,28). The van der Waals surface area contributed by atoms with Gasteiger partial charge >= 0.3 is 0 Å². The molecule has 0 aromatic rings. The molecule has 1 N–H and O–H groups in total. The molecule has 174 valence electrons. The number of carbonyl (C=O) groups excluding carboxylic acids is 1. The highest BCUT2D eigenvalue weighted by Crippen LogP contribution is 2.20. The van der Waals surface area contributed by atoms with Gasteiger partial charge in [-0.3, -0.25) is 4.79 Å². The number of nitrogens with zero attached hydrogens (tertiary/aromatic N) is 1. The summed E-state index contributed by atoms with van der Waals surface area (Å²) in [5, 5.41) is 3.15.